The van der Waals surface area contributed by atoms with Crippen LogP contribution in [-0.4, -0.2) is 5.54 Å². The highest BCUT2D eigenvalue weighted by Crippen LogP contribution is 2.39. The zero-order chi connectivity index (χ0) is 11.6. The molecule has 1 fully saturated rings. The van der Waals surface area contributed by atoms with Crippen molar-refractivity contribution < 1.29 is 0 Å². The number of benzene rings is 1. The maximum Gasteiger partial charge on any atom is 0.0210 e. The van der Waals surface area contributed by atoms with Crippen LogP contribution in [-0.2, 0) is 6.54 Å². The zero-order valence-corrected chi connectivity index (χ0v) is 10.7. The van der Waals surface area contributed by atoms with E-state index in [-0.39, 0.29) is 5.54 Å². The summed E-state index contributed by atoms with van der Waals surface area (Å²) in [5, 5.41) is 3.59. The summed E-state index contributed by atoms with van der Waals surface area (Å²) < 4.78 is 0. The molecule has 1 saturated carbocycles. The van der Waals surface area contributed by atoms with Gasteiger partial charge in [-0.15, -0.1) is 0 Å². The lowest BCUT2D eigenvalue weighted by Crippen LogP contribution is -2.37. The fourth-order valence-electron chi connectivity index (χ4n) is 1.79. The SMILES string of the molecule is CCC(C)(C)NCc1ccc(C2CC2)cc1. The Hall–Kier alpha value is -0.820. The van der Waals surface area contributed by atoms with Crippen molar-refractivity contribution in [3.8, 4) is 0 Å². The second kappa shape index (κ2) is 4.58. The quantitative estimate of drug-likeness (QED) is 0.790. The monoisotopic (exact) mass is 217 g/mol. The fraction of sp³-hybridized carbons (Fsp3) is 0.600. The van der Waals surface area contributed by atoms with Crippen LogP contribution in [0.1, 0.15) is 57.1 Å². The molecule has 0 amide bonds. The zero-order valence-electron chi connectivity index (χ0n) is 10.7. The lowest BCUT2D eigenvalue weighted by Gasteiger charge is -2.24. The minimum atomic E-state index is 0.245. The molecule has 1 aliphatic rings. The smallest absolute Gasteiger partial charge is 0.0210 e. The van der Waals surface area contributed by atoms with Crippen LogP contribution in [0, 0.1) is 0 Å². The first-order chi connectivity index (χ1) is 7.61. The molecule has 0 heterocycles. The summed E-state index contributed by atoms with van der Waals surface area (Å²) in [6, 6.07) is 9.14. The largest absolute Gasteiger partial charge is 0.308 e. The summed E-state index contributed by atoms with van der Waals surface area (Å²) in [5.41, 5.74) is 3.17. The third-order valence-electron chi connectivity index (χ3n) is 3.68. The Kier molecular flexibility index (Phi) is 3.34. The molecule has 0 saturated heterocycles. The van der Waals surface area contributed by atoms with E-state index >= 15 is 0 Å². The summed E-state index contributed by atoms with van der Waals surface area (Å²) in [6.07, 6.45) is 3.94. The first-order valence-electron chi connectivity index (χ1n) is 6.44. The number of hydrogen-bond donors (Lipinski definition) is 1. The molecular weight excluding hydrogens is 194 g/mol. The fourth-order valence-corrected chi connectivity index (χ4v) is 1.79. The van der Waals surface area contributed by atoms with Crippen LogP contribution < -0.4 is 5.32 Å². The van der Waals surface area contributed by atoms with E-state index in [1.54, 1.807) is 0 Å². The number of rotatable bonds is 5. The molecule has 0 unspecified atom stereocenters. The van der Waals surface area contributed by atoms with E-state index < -0.39 is 0 Å². The molecule has 0 aliphatic heterocycles. The van der Waals surface area contributed by atoms with E-state index in [4.69, 9.17) is 0 Å². The lowest BCUT2D eigenvalue weighted by molar-refractivity contribution is 0.374. The lowest BCUT2D eigenvalue weighted by atomic mass is 10.0. The van der Waals surface area contributed by atoms with Crippen LogP contribution >= 0.6 is 0 Å². The molecule has 0 atom stereocenters. The molecule has 88 valence electrons. The Balaban J connectivity index is 1.89. The Labute approximate surface area is 99.3 Å². The van der Waals surface area contributed by atoms with Crippen LogP contribution in [0.5, 0.6) is 0 Å². The second-order valence-corrected chi connectivity index (χ2v) is 5.61. The molecule has 0 spiro atoms. The van der Waals surface area contributed by atoms with E-state index in [9.17, 15) is 0 Å². The average molecular weight is 217 g/mol. The second-order valence-electron chi connectivity index (χ2n) is 5.61. The van der Waals surface area contributed by atoms with Crippen LogP contribution in [0.25, 0.3) is 0 Å². The molecule has 1 aliphatic carbocycles. The van der Waals surface area contributed by atoms with Crippen molar-refractivity contribution in [2.75, 3.05) is 0 Å². The van der Waals surface area contributed by atoms with Gasteiger partial charge >= 0.3 is 0 Å². The normalized spacial score (nSPS) is 16.4. The molecule has 1 nitrogen and oxygen atoms in total. The molecular formula is C15H23N. The van der Waals surface area contributed by atoms with E-state index in [2.05, 4.69) is 50.4 Å². The Morgan fingerprint density at radius 2 is 1.81 bits per heavy atom. The third kappa shape index (κ3) is 3.08. The van der Waals surface area contributed by atoms with Gasteiger partial charge in [-0.3, -0.25) is 0 Å². The van der Waals surface area contributed by atoms with E-state index in [0.717, 1.165) is 18.9 Å². The van der Waals surface area contributed by atoms with Gasteiger partial charge in [-0.05, 0) is 50.2 Å². The summed E-state index contributed by atoms with van der Waals surface area (Å²) in [7, 11) is 0. The number of hydrogen-bond acceptors (Lipinski definition) is 1. The predicted octanol–water partition coefficient (Wildman–Crippen LogP) is 3.84. The molecule has 0 aromatic heterocycles. The molecule has 1 aromatic rings. The van der Waals surface area contributed by atoms with Gasteiger partial charge in [0.05, 0.1) is 0 Å². The molecule has 1 heteroatoms. The first kappa shape index (κ1) is 11.7. The van der Waals surface area contributed by atoms with Crippen molar-refractivity contribution in [3.63, 3.8) is 0 Å². The van der Waals surface area contributed by atoms with E-state index in [0.29, 0.717) is 0 Å². The van der Waals surface area contributed by atoms with Crippen LogP contribution in [0.3, 0.4) is 0 Å². The third-order valence-corrected chi connectivity index (χ3v) is 3.68. The van der Waals surface area contributed by atoms with Gasteiger partial charge in [-0.1, -0.05) is 31.2 Å². The molecule has 2 rings (SSSR count). The van der Waals surface area contributed by atoms with Gasteiger partial charge in [0.15, 0.2) is 0 Å². The minimum absolute atomic E-state index is 0.245. The maximum absolute atomic E-state index is 3.59. The number of nitrogens with one attached hydrogen (secondary N) is 1. The van der Waals surface area contributed by atoms with Gasteiger partial charge < -0.3 is 5.32 Å². The van der Waals surface area contributed by atoms with E-state index in [1.807, 2.05) is 0 Å². The van der Waals surface area contributed by atoms with Crippen molar-refractivity contribution >= 4 is 0 Å². The Morgan fingerprint density at radius 3 is 2.31 bits per heavy atom. The van der Waals surface area contributed by atoms with Gasteiger partial charge in [0.25, 0.3) is 0 Å². The van der Waals surface area contributed by atoms with E-state index in [1.165, 1.54) is 24.0 Å². The van der Waals surface area contributed by atoms with Gasteiger partial charge in [0, 0.05) is 12.1 Å². The van der Waals surface area contributed by atoms with Crippen molar-refractivity contribution in [3.05, 3.63) is 35.4 Å². The molecule has 1 N–H and O–H groups in total. The van der Waals surface area contributed by atoms with Crippen molar-refractivity contribution in [1.29, 1.82) is 0 Å². The standard InChI is InChI=1S/C15H23N/c1-4-15(2,3)16-11-12-5-7-13(8-6-12)14-9-10-14/h5-8,14,16H,4,9-11H2,1-3H3. The topological polar surface area (TPSA) is 12.0 Å². The average Bonchev–Trinajstić information content (AvgIpc) is 3.11. The molecule has 16 heavy (non-hydrogen) atoms. The minimum Gasteiger partial charge on any atom is -0.308 e. The summed E-state index contributed by atoms with van der Waals surface area (Å²) >= 11 is 0. The Morgan fingerprint density at radius 1 is 1.19 bits per heavy atom. The highest BCUT2D eigenvalue weighted by molar-refractivity contribution is 5.28. The molecule has 0 radical (unpaired) electrons. The first-order valence-corrected chi connectivity index (χ1v) is 6.44. The van der Waals surface area contributed by atoms with Gasteiger partial charge in [-0.25, -0.2) is 0 Å². The van der Waals surface area contributed by atoms with Crippen molar-refractivity contribution in [1.82, 2.24) is 5.32 Å². The van der Waals surface area contributed by atoms with Crippen LogP contribution in [0.2, 0.25) is 0 Å². The summed E-state index contributed by atoms with van der Waals surface area (Å²) in [4.78, 5) is 0. The van der Waals surface area contributed by atoms with Crippen LogP contribution in [0.15, 0.2) is 24.3 Å². The summed E-state index contributed by atoms with van der Waals surface area (Å²) in [5.74, 6) is 0.870. The van der Waals surface area contributed by atoms with Crippen LogP contribution in [0.4, 0.5) is 0 Å². The van der Waals surface area contributed by atoms with Crippen molar-refractivity contribution in [2.24, 2.45) is 0 Å². The molecule has 1 aromatic carbocycles. The van der Waals surface area contributed by atoms with Gasteiger partial charge in [-0.2, -0.15) is 0 Å². The molecule has 0 bridgehead atoms. The highest BCUT2D eigenvalue weighted by atomic mass is 14.9. The predicted molar refractivity (Wildman–Crippen MR) is 69.6 cm³/mol. The van der Waals surface area contributed by atoms with Gasteiger partial charge in [0.2, 0.25) is 0 Å². The van der Waals surface area contributed by atoms with Crippen molar-refractivity contribution in [2.45, 2.75) is 58.0 Å². The highest BCUT2D eigenvalue weighted by Gasteiger charge is 2.22. The van der Waals surface area contributed by atoms with Gasteiger partial charge in [0.1, 0.15) is 0 Å². The maximum atomic E-state index is 3.59. The Bertz CT molecular complexity index is 333. The summed E-state index contributed by atoms with van der Waals surface area (Å²) in [6.45, 7) is 7.71.